The largest absolute Gasteiger partial charge is 0.416 e. The smallest absolute Gasteiger partial charge is 0.290 e. The van der Waals surface area contributed by atoms with Gasteiger partial charge in [-0.1, -0.05) is 12.1 Å². The van der Waals surface area contributed by atoms with Crippen LogP contribution in [0.5, 0.6) is 0 Å². The van der Waals surface area contributed by atoms with Gasteiger partial charge in [0.2, 0.25) is 0 Å². The standard InChI is InChI=1S/C24H27F3N4/c1-16-11-19(12-18-6-8-21(9-7-18)24(25,26)27)13-22(28-16)23-5-4-10-31(23)15-20-14-30(3)29-17(20)2/h6-9,11,13-14,23H,4-5,10,12,15H2,1-3H3/t23-/m1/s1. The average Bonchev–Trinajstić information content (AvgIpc) is 3.27. The molecule has 0 amide bonds. The molecule has 7 heteroatoms. The first-order valence-electron chi connectivity index (χ1n) is 10.6. The molecule has 2 aromatic heterocycles. The topological polar surface area (TPSA) is 34.0 Å². The fourth-order valence-corrected chi connectivity index (χ4v) is 4.46. The Hall–Kier alpha value is -2.67. The highest BCUT2D eigenvalue weighted by Crippen LogP contribution is 2.34. The lowest BCUT2D eigenvalue weighted by molar-refractivity contribution is -0.137. The zero-order valence-electron chi connectivity index (χ0n) is 18.1. The molecule has 3 aromatic rings. The van der Waals surface area contributed by atoms with Gasteiger partial charge >= 0.3 is 6.18 Å². The molecule has 1 aliphatic rings. The highest BCUT2D eigenvalue weighted by atomic mass is 19.4. The van der Waals surface area contributed by atoms with Gasteiger partial charge < -0.3 is 0 Å². The van der Waals surface area contributed by atoms with Crippen molar-refractivity contribution in [2.24, 2.45) is 7.05 Å². The Morgan fingerprint density at radius 1 is 1.06 bits per heavy atom. The van der Waals surface area contributed by atoms with E-state index in [1.54, 1.807) is 12.1 Å². The van der Waals surface area contributed by atoms with E-state index in [1.807, 2.05) is 31.6 Å². The fourth-order valence-electron chi connectivity index (χ4n) is 4.46. The van der Waals surface area contributed by atoms with Gasteiger partial charge in [0.15, 0.2) is 0 Å². The quantitative estimate of drug-likeness (QED) is 0.547. The highest BCUT2D eigenvalue weighted by Gasteiger charge is 2.30. The third-order valence-electron chi connectivity index (χ3n) is 5.92. The van der Waals surface area contributed by atoms with E-state index in [0.29, 0.717) is 6.42 Å². The summed E-state index contributed by atoms with van der Waals surface area (Å²) in [6.45, 7) is 5.87. The number of nitrogens with zero attached hydrogens (tertiary/aromatic N) is 4. The molecule has 3 heterocycles. The number of aromatic nitrogens is 3. The SMILES string of the molecule is Cc1cc(Cc2ccc(C(F)(F)F)cc2)cc([C@H]2CCCN2Cc2cn(C)nc2C)n1. The molecule has 4 rings (SSSR count). The Morgan fingerprint density at radius 3 is 2.45 bits per heavy atom. The normalized spacial score (nSPS) is 17.4. The zero-order chi connectivity index (χ0) is 22.2. The van der Waals surface area contributed by atoms with Crippen molar-refractivity contribution in [1.29, 1.82) is 0 Å². The van der Waals surface area contributed by atoms with E-state index >= 15 is 0 Å². The second kappa shape index (κ2) is 8.46. The maximum absolute atomic E-state index is 12.8. The average molecular weight is 429 g/mol. The lowest BCUT2D eigenvalue weighted by Gasteiger charge is -2.24. The monoisotopic (exact) mass is 428 g/mol. The summed E-state index contributed by atoms with van der Waals surface area (Å²) in [5, 5.41) is 4.45. The number of aryl methyl sites for hydroxylation is 3. The van der Waals surface area contributed by atoms with Gasteiger partial charge in [-0.05, 0) is 75.0 Å². The zero-order valence-corrected chi connectivity index (χ0v) is 18.1. The van der Waals surface area contributed by atoms with E-state index in [1.165, 1.54) is 5.56 Å². The molecule has 1 aromatic carbocycles. The molecule has 31 heavy (non-hydrogen) atoms. The van der Waals surface area contributed by atoms with Crippen molar-refractivity contribution >= 4 is 0 Å². The van der Waals surface area contributed by atoms with Gasteiger partial charge in [-0.25, -0.2) is 0 Å². The van der Waals surface area contributed by atoms with E-state index in [0.717, 1.165) is 66.3 Å². The number of pyridine rings is 1. The van der Waals surface area contributed by atoms with Crippen LogP contribution in [0.15, 0.2) is 42.6 Å². The number of halogens is 3. The van der Waals surface area contributed by atoms with Crippen LogP contribution in [0.4, 0.5) is 13.2 Å². The molecule has 1 atom stereocenters. The summed E-state index contributed by atoms with van der Waals surface area (Å²) in [6.07, 6.45) is 0.522. The van der Waals surface area contributed by atoms with Crippen molar-refractivity contribution in [1.82, 2.24) is 19.7 Å². The number of hydrogen-bond acceptors (Lipinski definition) is 3. The summed E-state index contributed by atoms with van der Waals surface area (Å²) in [5.74, 6) is 0. The molecule has 0 unspecified atom stereocenters. The second-order valence-corrected chi connectivity index (χ2v) is 8.46. The van der Waals surface area contributed by atoms with Gasteiger partial charge in [-0.15, -0.1) is 0 Å². The van der Waals surface area contributed by atoms with Crippen molar-refractivity contribution < 1.29 is 13.2 Å². The molecule has 0 radical (unpaired) electrons. The van der Waals surface area contributed by atoms with Crippen LogP contribution in [0, 0.1) is 13.8 Å². The van der Waals surface area contributed by atoms with Crippen molar-refractivity contribution in [2.75, 3.05) is 6.54 Å². The summed E-state index contributed by atoms with van der Waals surface area (Å²) < 4.78 is 40.3. The van der Waals surface area contributed by atoms with Crippen molar-refractivity contribution in [3.63, 3.8) is 0 Å². The van der Waals surface area contributed by atoms with Crippen LogP contribution in [0.1, 0.15) is 58.2 Å². The number of benzene rings is 1. The molecule has 1 fully saturated rings. The summed E-state index contributed by atoms with van der Waals surface area (Å²) in [4.78, 5) is 7.26. The van der Waals surface area contributed by atoms with E-state index in [2.05, 4.69) is 22.3 Å². The predicted molar refractivity (Wildman–Crippen MR) is 114 cm³/mol. The maximum Gasteiger partial charge on any atom is 0.416 e. The van der Waals surface area contributed by atoms with Gasteiger partial charge in [-0.3, -0.25) is 14.6 Å². The van der Waals surface area contributed by atoms with Crippen molar-refractivity contribution in [2.45, 2.75) is 51.9 Å². The Morgan fingerprint density at radius 2 is 1.81 bits per heavy atom. The molecule has 1 aliphatic heterocycles. The first-order valence-corrected chi connectivity index (χ1v) is 10.6. The summed E-state index contributed by atoms with van der Waals surface area (Å²) in [6, 6.07) is 9.80. The van der Waals surface area contributed by atoms with E-state index < -0.39 is 11.7 Å². The lowest BCUT2D eigenvalue weighted by atomic mass is 10.0. The fraction of sp³-hybridized carbons (Fsp3) is 0.417. The van der Waals surface area contributed by atoms with Crippen LogP contribution in [0.3, 0.4) is 0 Å². The molecule has 1 saturated heterocycles. The highest BCUT2D eigenvalue weighted by molar-refractivity contribution is 5.32. The van der Waals surface area contributed by atoms with Gasteiger partial charge in [0.1, 0.15) is 0 Å². The van der Waals surface area contributed by atoms with Crippen LogP contribution in [0.2, 0.25) is 0 Å². The predicted octanol–water partition coefficient (Wildman–Crippen LogP) is 5.38. The van der Waals surface area contributed by atoms with Crippen LogP contribution in [-0.2, 0) is 26.2 Å². The van der Waals surface area contributed by atoms with Gasteiger partial charge in [0.05, 0.1) is 23.0 Å². The number of hydrogen-bond donors (Lipinski definition) is 0. The molecule has 0 N–H and O–H groups in total. The maximum atomic E-state index is 12.8. The second-order valence-electron chi connectivity index (χ2n) is 8.46. The summed E-state index contributed by atoms with van der Waals surface area (Å²) in [7, 11) is 1.94. The van der Waals surface area contributed by atoms with Crippen molar-refractivity contribution in [3.8, 4) is 0 Å². The van der Waals surface area contributed by atoms with Crippen LogP contribution < -0.4 is 0 Å². The minimum Gasteiger partial charge on any atom is -0.290 e. The summed E-state index contributed by atoms with van der Waals surface area (Å²) >= 11 is 0. The van der Waals surface area contributed by atoms with Gasteiger partial charge in [0, 0.05) is 31.0 Å². The Bertz CT molecular complexity index is 1050. The molecular formula is C24H27F3N4. The third kappa shape index (κ3) is 4.98. The summed E-state index contributed by atoms with van der Waals surface area (Å²) in [5.41, 5.74) is 5.57. The lowest BCUT2D eigenvalue weighted by Crippen LogP contribution is -2.24. The number of alkyl halides is 3. The molecule has 0 spiro atoms. The Kier molecular flexibility index (Phi) is 5.88. The Labute approximate surface area is 180 Å². The molecule has 0 aliphatic carbocycles. The molecule has 4 nitrogen and oxygen atoms in total. The van der Waals surface area contributed by atoms with E-state index in [-0.39, 0.29) is 6.04 Å². The van der Waals surface area contributed by atoms with Crippen LogP contribution in [-0.4, -0.2) is 26.2 Å². The molecular weight excluding hydrogens is 401 g/mol. The molecule has 0 bridgehead atoms. The number of rotatable bonds is 5. The number of likely N-dealkylation sites (tertiary alicyclic amines) is 1. The Balaban J connectivity index is 1.53. The van der Waals surface area contributed by atoms with E-state index in [9.17, 15) is 13.2 Å². The first kappa shape index (κ1) is 21.6. The molecule has 0 saturated carbocycles. The van der Waals surface area contributed by atoms with E-state index in [4.69, 9.17) is 4.98 Å². The minimum absolute atomic E-state index is 0.242. The minimum atomic E-state index is -4.31. The van der Waals surface area contributed by atoms with Crippen molar-refractivity contribution in [3.05, 3.63) is 81.9 Å². The molecule has 164 valence electrons. The van der Waals surface area contributed by atoms with Gasteiger partial charge in [-0.2, -0.15) is 18.3 Å². The third-order valence-corrected chi connectivity index (χ3v) is 5.92. The van der Waals surface area contributed by atoms with Gasteiger partial charge in [0.25, 0.3) is 0 Å². The first-order chi connectivity index (χ1) is 14.7. The van der Waals surface area contributed by atoms with Crippen LogP contribution >= 0.6 is 0 Å². The van der Waals surface area contributed by atoms with Crippen LogP contribution in [0.25, 0.3) is 0 Å².